The van der Waals surface area contributed by atoms with Gasteiger partial charge in [-0.25, -0.2) is 16.8 Å². The van der Waals surface area contributed by atoms with Crippen molar-refractivity contribution in [3.05, 3.63) is 0 Å². The van der Waals surface area contributed by atoms with E-state index in [9.17, 15) is 16.8 Å². The summed E-state index contributed by atoms with van der Waals surface area (Å²) in [6, 6.07) is 0. The van der Waals surface area contributed by atoms with Crippen LogP contribution in [0.1, 0.15) is 25.7 Å². The molecule has 88 valence electrons. The van der Waals surface area contributed by atoms with E-state index in [0.717, 1.165) is 0 Å². The summed E-state index contributed by atoms with van der Waals surface area (Å²) in [5.41, 5.74) is -1.79. The lowest BCUT2D eigenvalue weighted by molar-refractivity contribution is 0.0783. The van der Waals surface area contributed by atoms with E-state index in [1.54, 1.807) is 0 Å². The quantitative estimate of drug-likeness (QED) is 0.697. The lowest BCUT2D eigenvalue weighted by Gasteiger charge is -2.16. The van der Waals surface area contributed by atoms with Crippen LogP contribution in [-0.2, 0) is 24.4 Å². The second kappa shape index (κ2) is 3.71. The zero-order chi connectivity index (χ0) is 11.1. The molecular formula is C8H14O5S2. The van der Waals surface area contributed by atoms with Gasteiger partial charge in [0.05, 0.1) is 11.5 Å². The van der Waals surface area contributed by atoms with Gasteiger partial charge in [-0.2, -0.15) is 0 Å². The van der Waals surface area contributed by atoms with Gasteiger partial charge in [0.15, 0.2) is 30.5 Å². The van der Waals surface area contributed by atoms with Crippen LogP contribution in [0.4, 0.5) is 0 Å². The molecule has 2 atom stereocenters. The summed E-state index contributed by atoms with van der Waals surface area (Å²) in [5.74, 6) is 0.231. The smallest absolute Gasteiger partial charge is 0.177 e. The molecule has 0 spiro atoms. The van der Waals surface area contributed by atoms with Crippen LogP contribution in [0.25, 0.3) is 0 Å². The van der Waals surface area contributed by atoms with Crippen molar-refractivity contribution in [1.82, 2.24) is 0 Å². The number of sulfone groups is 2. The standard InChI is InChI=1S/C8H14O5S2/c9-14(10)5-1-3-7(14)13-8-4-2-6-15(8,11)12/h7-8H,1-6H2. The minimum atomic E-state index is -3.21. The first-order valence-electron chi connectivity index (χ1n) is 5.00. The Hall–Kier alpha value is -0.140. The van der Waals surface area contributed by atoms with E-state index in [0.29, 0.717) is 25.7 Å². The average Bonchev–Trinajstić information content (AvgIpc) is 2.58. The fraction of sp³-hybridized carbons (Fsp3) is 1.00. The Labute approximate surface area is 89.6 Å². The molecule has 2 saturated heterocycles. The molecule has 2 rings (SSSR count). The molecule has 0 aliphatic carbocycles. The van der Waals surface area contributed by atoms with Gasteiger partial charge in [0.25, 0.3) is 0 Å². The molecule has 2 heterocycles. The second-order valence-corrected chi connectivity index (χ2v) is 8.53. The van der Waals surface area contributed by atoms with E-state index in [4.69, 9.17) is 4.74 Å². The Bertz CT molecular complexity index is 394. The Morgan fingerprint density at radius 1 is 0.800 bits per heavy atom. The van der Waals surface area contributed by atoms with Crippen molar-refractivity contribution >= 4 is 19.7 Å². The zero-order valence-corrected chi connectivity index (χ0v) is 9.89. The summed E-state index contributed by atoms with van der Waals surface area (Å²) in [6.07, 6.45) is 1.99. The van der Waals surface area contributed by atoms with Crippen LogP contribution in [0.3, 0.4) is 0 Å². The molecule has 0 aromatic rings. The number of hydrogen-bond donors (Lipinski definition) is 0. The van der Waals surface area contributed by atoms with E-state index in [2.05, 4.69) is 0 Å². The van der Waals surface area contributed by atoms with Gasteiger partial charge < -0.3 is 4.74 Å². The lowest BCUT2D eigenvalue weighted by atomic mass is 10.3. The zero-order valence-electron chi connectivity index (χ0n) is 8.26. The maximum absolute atomic E-state index is 11.4. The molecule has 5 nitrogen and oxygen atoms in total. The molecule has 15 heavy (non-hydrogen) atoms. The summed E-state index contributed by atoms with van der Waals surface area (Å²) < 4.78 is 51.0. The molecule has 0 bridgehead atoms. The molecule has 2 aliphatic heterocycles. The largest absolute Gasteiger partial charge is 0.343 e. The first-order valence-corrected chi connectivity index (χ1v) is 8.43. The van der Waals surface area contributed by atoms with Crippen molar-refractivity contribution in [2.75, 3.05) is 11.5 Å². The van der Waals surface area contributed by atoms with E-state index >= 15 is 0 Å². The minimum absolute atomic E-state index is 0.116. The molecule has 2 fully saturated rings. The molecule has 0 saturated carbocycles. The highest BCUT2D eigenvalue weighted by Crippen LogP contribution is 2.28. The highest BCUT2D eigenvalue weighted by molar-refractivity contribution is 7.92. The maximum Gasteiger partial charge on any atom is 0.177 e. The van der Waals surface area contributed by atoms with Crippen molar-refractivity contribution in [1.29, 1.82) is 0 Å². The van der Waals surface area contributed by atoms with E-state index in [1.165, 1.54) is 0 Å². The molecular weight excluding hydrogens is 240 g/mol. The fourth-order valence-corrected chi connectivity index (χ4v) is 5.39. The molecule has 0 aromatic heterocycles. The maximum atomic E-state index is 11.4. The first-order chi connectivity index (χ1) is 6.92. The van der Waals surface area contributed by atoms with Crippen LogP contribution >= 0.6 is 0 Å². The summed E-state index contributed by atoms with van der Waals surface area (Å²) in [6.45, 7) is 0. The van der Waals surface area contributed by atoms with Crippen LogP contribution in [0.5, 0.6) is 0 Å². The van der Waals surface area contributed by atoms with Gasteiger partial charge in [0, 0.05) is 0 Å². The molecule has 0 radical (unpaired) electrons. The van der Waals surface area contributed by atoms with Gasteiger partial charge in [-0.3, -0.25) is 0 Å². The Balaban J connectivity index is 2.10. The molecule has 0 aromatic carbocycles. The normalized spacial score (nSPS) is 38.1. The van der Waals surface area contributed by atoms with Crippen molar-refractivity contribution in [2.45, 2.75) is 36.6 Å². The third kappa shape index (κ3) is 2.19. The van der Waals surface area contributed by atoms with Gasteiger partial charge in [-0.15, -0.1) is 0 Å². The monoisotopic (exact) mass is 254 g/mol. The highest BCUT2D eigenvalue weighted by Gasteiger charge is 2.40. The van der Waals surface area contributed by atoms with Gasteiger partial charge >= 0.3 is 0 Å². The van der Waals surface area contributed by atoms with Gasteiger partial charge in [-0.05, 0) is 25.7 Å². The highest BCUT2D eigenvalue weighted by atomic mass is 32.2. The van der Waals surface area contributed by atoms with Crippen molar-refractivity contribution in [2.24, 2.45) is 0 Å². The first kappa shape index (κ1) is 11.3. The molecule has 0 N–H and O–H groups in total. The van der Waals surface area contributed by atoms with E-state index in [1.807, 2.05) is 0 Å². The Morgan fingerprint density at radius 2 is 1.20 bits per heavy atom. The van der Waals surface area contributed by atoms with E-state index < -0.39 is 30.5 Å². The van der Waals surface area contributed by atoms with Crippen LogP contribution in [0.15, 0.2) is 0 Å². The Morgan fingerprint density at radius 3 is 1.47 bits per heavy atom. The SMILES string of the molecule is O=S1(=O)CCCC1OC1CCCS1(=O)=O. The molecule has 0 amide bonds. The minimum Gasteiger partial charge on any atom is -0.343 e. The molecule has 2 unspecified atom stereocenters. The summed E-state index contributed by atoms with van der Waals surface area (Å²) >= 11 is 0. The number of ether oxygens (including phenoxy) is 1. The predicted molar refractivity (Wildman–Crippen MR) is 54.7 cm³/mol. The summed E-state index contributed by atoms with van der Waals surface area (Å²) in [7, 11) is -6.42. The van der Waals surface area contributed by atoms with Crippen LogP contribution in [-0.4, -0.2) is 39.2 Å². The van der Waals surface area contributed by atoms with Crippen molar-refractivity contribution in [3.8, 4) is 0 Å². The van der Waals surface area contributed by atoms with Crippen molar-refractivity contribution in [3.63, 3.8) is 0 Å². The van der Waals surface area contributed by atoms with Gasteiger partial charge in [-0.1, -0.05) is 0 Å². The third-order valence-electron chi connectivity index (χ3n) is 2.84. The van der Waals surface area contributed by atoms with Crippen LogP contribution < -0.4 is 0 Å². The van der Waals surface area contributed by atoms with E-state index in [-0.39, 0.29) is 11.5 Å². The third-order valence-corrected chi connectivity index (χ3v) is 6.85. The van der Waals surface area contributed by atoms with Gasteiger partial charge in [0.2, 0.25) is 0 Å². The summed E-state index contributed by atoms with van der Waals surface area (Å²) in [4.78, 5) is 0. The Kier molecular flexibility index (Phi) is 2.81. The number of rotatable bonds is 2. The second-order valence-electron chi connectivity index (χ2n) is 4.01. The van der Waals surface area contributed by atoms with Gasteiger partial charge in [0.1, 0.15) is 0 Å². The molecule has 7 heteroatoms. The topological polar surface area (TPSA) is 77.5 Å². The van der Waals surface area contributed by atoms with Crippen LogP contribution in [0.2, 0.25) is 0 Å². The summed E-state index contributed by atoms with van der Waals surface area (Å²) in [5, 5.41) is 0. The average molecular weight is 254 g/mol. The van der Waals surface area contributed by atoms with Crippen molar-refractivity contribution < 1.29 is 21.6 Å². The predicted octanol–water partition coefficient (Wildman–Crippen LogP) is 0.0724. The number of hydrogen-bond acceptors (Lipinski definition) is 5. The lowest BCUT2D eigenvalue weighted by Crippen LogP contribution is -2.29. The van der Waals surface area contributed by atoms with Crippen LogP contribution in [0, 0.1) is 0 Å². The molecule has 2 aliphatic rings. The fourth-order valence-electron chi connectivity index (χ4n) is 2.00.